The van der Waals surface area contributed by atoms with Crippen LogP contribution in [-0.4, -0.2) is 5.84 Å². The van der Waals surface area contributed by atoms with E-state index in [1.807, 2.05) is 13.0 Å². The number of nitrogens with two attached hydrogens (primary N) is 1. The molecule has 3 N–H and O–H groups in total. The molecule has 98 valence electrons. The zero-order valence-corrected chi connectivity index (χ0v) is 10.8. The second kappa shape index (κ2) is 5.10. The summed E-state index contributed by atoms with van der Waals surface area (Å²) < 4.78 is 18.9. The van der Waals surface area contributed by atoms with Gasteiger partial charge in [0.25, 0.3) is 0 Å². The molecule has 0 fully saturated rings. The molecule has 0 saturated carbocycles. The highest BCUT2D eigenvalue weighted by molar-refractivity contribution is 5.97. The van der Waals surface area contributed by atoms with E-state index in [0.717, 1.165) is 5.56 Å². The fourth-order valence-corrected chi connectivity index (χ4v) is 1.74. The number of rotatable bonds is 3. The summed E-state index contributed by atoms with van der Waals surface area (Å²) in [5.41, 5.74) is 7.54. The van der Waals surface area contributed by atoms with Gasteiger partial charge in [-0.15, -0.1) is 0 Å². The Balaban J connectivity index is 2.39. The van der Waals surface area contributed by atoms with E-state index in [4.69, 9.17) is 15.9 Å². The molecule has 0 bridgehead atoms. The first-order chi connectivity index (χ1) is 8.97. The Kier molecular flexibility index (Phi) is 3.51. The lowest BCUT2D eigenvalue weighted by molar-refractivity contribution is 0.478. The molecule has 2 aromatic carbocycles. The average Bonchev–Trinajstić information content (AvgIpc) is 2.33. The van der Waals surface area contributed by atoms with Crippen LogP contribution >= 0.6 is 0 Å². The number of hydrogen-bond acceptors (Lipinski definition) is 2. The lowest BCUT2D eigenvalue weighted by Gasteiger charge is -2.11. The van der Waals surface area contributed by atoms with Crippen molar-refractivity contribution in [2.45, 2.75) is 13.8 Å². The van der Waals surface area contributed by atoms with Gasteiger partial charge in [0, 0.05) is 0 Å². The van der Waals surface area contributed by atoms with Crippen LogP contribution < -0.4 is 10.5 Å². The summed E-state index contributed by atoms with van der Waals surface area (Å²) in [5, 5.41) is 7.53. The summed E-state index contributed by atoms with van der Waals surface area (Å²) in [5.74, 6) is 0.683. The van der Waals surface area contributed by atoms with Crippen LogP contribution in [0.25, 0.3) is 0 Å². The van der Waals surface area contributed by atoms with Gasteiger partial charge in [-0.05, 0) is 55.3 Å². The quantitative estimate of drug-likeness (QED) is 0.653. The number of nitrogen functional groups attached to an aromatic ring is 1. The number of amidine groups is 1. The van der Waals surface area contributed by atoms with Gasteiger partial charge >= 0.3 is 0 Å². The van der Waals surface area contributed by atoms with E-state index in [9.17, 15) is 4.39 Å². The first-order valence-electron chi connectivity index (χ1n) is 5.86. The van der Waals surface area contributed by atoms with Crippen molar-refractivity contribution in [1.29, 1.82) is 5.41 Å². The van der Waals surface area contributed by atoms with E-state index in [1.54, 1.807) is 31.2 Å². The summed E-state index contributed by atoms with van der Waals surface area (Å²) in [6, 6.07) is 9.92. The molecule has 0 amide bonds. The van der Waals surface area contributed by atoms with Crippen LogP contribution in [0.15, 0.2) is 36.4 Å². The predicted molar refractivity (Wildman–Crippen MR) is 73.4 cm³/mol. The van der Waals surface area contributed by atoms with Crippen LogP contribution in [0.5, 0.6) is 11.5 Å². The third-order valence-corrected chi connectivity index (χ3v) is 2.78. The maximum Gasteiger partial charge on any atom is 0.138 e. The standard InChI is InChI=1S/C15H15FN2O/c1-9-3-5-12(15(17)18)14(7-9)19-11-4-6-13(16)10(2)8-11/h3-8H,1-2H3,(H3,17,18). The highest BCUT2D eigenvalue weighted by Gasteiger charge is 2.09. The van der Waals surface area contributed by atoms with Crippen LogP contribution in [0.4, 0.5) is 4.39 Å². The van der Waals surface area contributed by atoms with Crippen molar-refractivity contribution in [1.82, 2.24) is 0 Å². The van der Waals surface area contributed by atoms with Gasteiger partial charge in [-0.1, -0.05) is 6.07 Å². The Labute approximate surface area is 111 Å². The van der Waals surface area contributed by atoms with Gasteiger partial charge in [0.15, 0.2) is 0 Å². The summed E-state index contributed by atoms with van der Waals surface area (Å²) >= 11 is 0. The van der Waals surface area contributed by atoms with Crippen molar-refractivity contribution in [3.05, 3.63) is 58.9 Å². The molecule has 0 saturated heterocycles. The number of aryl methyl sites for hydroxylation is 2. The molecular formula is C15H15FN2O. The Bertz CT molecular complexity index is 638. The first kappa shape index (κ1) is 13.1. The summed E-state index contributed by atoms with van der Waals surface area (Å²) in [4.78, 5) is 0. The van der Waals surface area contributed by atoms with Gasteiger partial charge in [-0.3, -0.25) is 5.41 Å². The molecule has 3 nitrogen and oxygen atoms in total. The zero-order valence-electron chi connectivity index (χ0n) is 10.8. The van der Waals surface area contributed by atoms with Crippen LogP contribution in [0.2, 0.25) is 0 Å². The molecule has 0 aliphatic carbocycles. The van der Waals surface area contributed by atoms with Crippen LogP contribution in [-0.2, 0) is 0 Å². The smallest absolute Gasteiger partial charge is 0.138 e. The molecular weight excluding hydrogens is 243 g/mol. The molecule has 2 rings (SSSR count). The monoisotopic (exact) mass is 258 g/mol. The highest BCUT2D eigenvalue weighted by atomic mass is 19.1. The number of benzene rings is 2. The second-order valence-electron chi connectivity index (χ2n) is 4.43. The number of nitrogens with one attached hydrogen (secondary N) is 1. The van der Waals surface area contributed by atoms with Crippen molar-refractivity contribution in [2.75, 3.05) is 0 Å². The fourth-order valence-electron chi connectivity index (χ4n) is 1.74. The van der Waals surface area contributed by atoms with E-state index >= 15 is 0 Å². The van der Waals surface area contributed by atoms with E-state index < -0.39 is 0 Å². The van der Waals surface area contributed by atoms with E-state index in [2.05, 4.69) is 0 Å². The SMILES string of the molecule is Cc1ccc(C(=N)N)c(Oc2ccc(F)c(C)c2)c1. The molecule has 0 heterocycles. The molecule has 0 aromatic heterocycles. The summed E-state index contributed by atoms with van der Waals surface area (Å²) in [7, 11) is 0. The topological polar surface area (TPSA) is 59.1 Å². The van der Waals surface area contributed by atoms with E-state index in [-0.39, 0.29) is 11.7 Å². The van der Waals surface area contributed by atoms with Crippen molar-refractivity contribution < 1.29 is 9.13 Å². The van der Waals surface area contributed by atoms with E-state index in [1.165, 1.54) is 6.07 Å². The van der Waals surface area contributed by atoms with Crippen LogP contribution in [0.3, 0.4) is 0 Å². The molecule has 0 spiro atoms. The number of halogens is 1. The van der Waals surface area contributed by atoms with Crippen molar-refractivity contribution in [3.8, 4) is 11.5 Å². The van der Waals surface area contributed by atoms with E-state index in [0.29, 0.717) is 22.6 Å². The molecule has 0 radical (unpaired) electrons. The van der Waals surface area contributed by atoms with Crippen molar-refractivity contribution in [3.63, 3.8) is 0 Å². The van der Waals surface area contributed by atoms with Gasteiger partial charge in [-0.2, -0.15) is 0 Å². The minimum absolute atomic E-state index is 0.0613. The minimum Gasteiger partial charge on any atom is -0.457 e. The van der Waals surface area contributed by atoms with Gasteiger partial charge in [0.1, 0.15) is 23.2 Å². The Hall–Kier alpha value is -2.36. The highest BCUT2D eigenvalue weighted by Crippen LogP contribution is 2.27. The molecule has 0 unspecified atom stereocenters. The third kappa shape index (κ3) is 2.91. The molecule has 0 aliphatic heterocycles. The summed E-state index contributed by atoms with van der Waals surface area (Å²) in [6.07, 6.45) is 0. The number of hydrogen-bond donors (Lipinski definition) is 2. The summed E-state index contributed by atoms with van der Waals surface area (Å²) in [6.45, 7) is 3.59. The molecule has 0 atom stereocenters. The average molecular weight is 258 g/mol. The maximum absolute atomic E-state index is 13.2. The fraction of sp³-hybridized carbons (Fsp3) is 0.133. The van der Waals surface area contributed by atoms with Gasteiger partial charge in [0.2, 0.25) is 0 Å². The van der Waals surface area contributed by atoms with Gasteiger partial charge < -0.3 is 10.5 Å². The predicted octanol–water partition coefficient (Wildman–Crippen LogP) is 3.52. The Morgan fingerprint density at radius 2 is 1.89 bits per heavy atom. The zero-order chi connectivity index (χ0) is 14.0. The maximum atomic E-state index is 13.2. The first-order valence-corrected chi connectivity index (χ1v) is 5.86. The van der Waals surface area contributed by atoms with Crippen molar-refractivity contribution >= 4 is 5.84 Å². The molecule has 4 heteroatoms. The second-order valence-corrected chi connectivity index (χ2v) is 4.43. The Morgan fingerprint density at radius 1 is 1.16 bits per heavy atom. The third-order valence-electron chi connectivity index (χ3n) is 2.78. The Morgan fingerprint density at radius 3 is 2.53 bits per heavy atom. The molecule has 0 aliphatic rings. The van der Waals surface area contributed by atoms with Crippen LogP contribution in [0, 0.1) is 25.1 Å². The minimum atomic E-state index is -0.275. The van der Waals surface area contributed by atoms with Gasteiger partial charge in [0.05, 0.1) is 5.56 Å². The lowest BCUT2D eigenvalue weighted by Crippen LogP contribution is -2.12. The number of ether oxygens (including phenoxy) is 1. The molecule has 2 aromatic rings. The van der Waals surface area contributed by atoms with Crippen LogP contribution in [0.1, 0.15) is 16.7 Å². The largest absolute Gasteiger partial charge is 0.457 e. The lowest BCUT2D eigenvalue weighted by atomic mass is 10.1. The van der Waals surface area contributed by atoms with Gasteiger partial charge in [-0.25, -0.2) is 4.39 Å². The normalized spacial score (nSPS) is 10.3. The van der Waals surface area contributed by atoms with Crippen molar-refractivity contribution in [2.24, 2.45) is 5.73 Å². The molecule has 19 heavy (non-hydrogen) atoms.